The summed E-state index contributed by atoms with van der Waals surface area (Å²) >= 11 is 0. The molecule has 0 saturated heterocycles. The Bertz CT molecular complexity index is 602. The third-order valence-electron chi connectivity index (χ3n) is 8.10. The second-order valence-electron chi connectivity index (χ2n) is 9.13. The van der Waals surface area contributed by atoms with Crippen molar-refractivity contribution in [1.29, 1.82) is 0 Å². The second-order valence-corrected chi connectivity index (χ2v) is 9.13. The van der Waals surface area contributed by atoms with E-state index in [1.165, 1.54) is 0 Å². The summed E-state index contributed by atoms with van der Waals surface area (Å²) in [6.07, 6.45) is 3.55. The number of aliphatic hydroxyl groups is 2. The van der Waals surface area contributed by atoms with Crippen LogP contribution in [0.3, 0.4) is 0 Å². The molecule has 0 aromatic carbocycles. The molecule has 154 valence electrons. The van der Waals surface area contributed by atoms with Gasteiger partial charge in [0, 0.05) is 23.2 Å². The monoisotopic (exact) mass is 380 g/mol. The standard InChI is InChI=1S/C22H36O5/c1-7-20(5)12-16(27-17(25)13-23)21(6,8-2)18-15(24)10-11-22(18,9-3)14(4)19(20)26/h7,14,16,18-19,23,26H,1,8-13H2,2-6H3/t14-,16+,18-,19-,20+,21-,22-/m0/s1. The average Bonchev–Trinajstić information content (AvgIpc) is 3.02. The van der Waals surface area contributed by atoms with E-state index in [1.54, 1.807) is 6.08 Å². The van der Waals surface area contributed by atoms with Gasteiger partial charge in [-0.25, -0.2) is 4.79 Å². The van der Waals surface area contributed by atoms with Crippen LogP contribution in [0.5, 0.6) is 0 Å². The number of aliphatic hydroxyl groups excluding tert-OH is 2. The Labute approximate surface area is 163 Å². The normalized spacial score (nSPS) is 44.9. The predicted molar refractivity (Wildman–Crippen MR) is 104 cm³/mol. The number of hydrogen-bond acceptors (Lipinski definition) is 5. The van der Waals surface area contributed by atoms with E-state index in [-0.39, 0.29) is 23.0 Å². The van der Waals surface area contributed by atoms with Gasteiger partial charge in [-0.05, 0) is 37.0 Å². The van der Waals surface area contributed by atoms with E-state index < -0.39 is 35.6 Å². The molecule has 0 amide bonds. The van der Waals surface area contributed by atoms with Gasteiger partial charge in [-0.1, -0.05) is 40.7 Å². The molecule has 0 spiro atoms. The van der Waals surface area contributed by atoms with Crippen LogP contribution in [0.25, 0.3) is 0 Å². The third-order valence-corrected chi connectivity index (χ3v) is 8.10. The predicted octanol–water partition coefficient (Wildman–Crippen LogP) is 3.28. The molecule has 0 aromatic heterocycles. The van der Waals surface area contributed by atoms with Crippen molar-refractivity contribution < 1.29 is 24.5 Å². The minimum Gasteiger partial charge on any atom is -0.460 e. The molecular weight excluding hydrogens is 344 g/mol. The molecule has 2 aliphatic carbocycles. The van der Waals surface area contributed by atoms with Crippen LogP contribution in [0.4, 0.5) is 0 Å². The summed E-state index contributed by atoms with van der Waals surface area (Å²) in [5.74, 6) is -0.855. The van der Waals surface area contributed by atoms with Crippen molar-refractivity contribution in [3.8, 4) is 0 Å². The van der Waals surface area contributed by atoms with Crippen LogP contribution in [-0.2, 0) is 14.3 Å². The van der Waals surface area contributed by atoms with Gasteiger partial charge >= 0.3 is 5.97 Å². The van der Waals surface area contributed by atoms with Gasteiger partial charge < -0.3 is 14.9 Å². The summed E-state index contributed by atoms with van der Waals surface area (Å²) in [4.78, 5) is 25.1. The van der Waals surface area contributed by atoms with Gasteiger partial charge in [0.2, 0.25) is 0 Å². The van der Waals surface area contributed by atoms with Gasteiger partial charge in [-0.3, -0.25) is 4.79 Å². The lowest BCUT2D eigenvalue weighted by molar-refractivity contribution is -0.186. The molecule has 2 aliphatic rings. The minimum absolute atomic E-state index is 0.0812. The molecule has 0 bridgehead atoms. The van der Waals surface area contributed by atoms with E-state index in [0.717, 1.165) is 12.8 Å². The highest BCUT2D eigenvalue weighted by molar-refractivity contribution is 5.85. The number of ether oxygens (including phenoxy) is 1. The second kappa shape index (κ2) is 7.67. The molecule has 2 N–H and O–H groups in total. The molecule has 2 saturated carbocycles. The van der Waals surface area contributed by atoms with Crippen molar-refractivity contribution in [2.24, 2.45) is 28.1 Å². The van der Waals surface area contributed by atoms with Gasteiger partial charge in [0.05, 0.1) is 6.10 Å². The van der Waals surface area contributed by atoms with E-state index in [1.807, 2.05) is 20.8 Å². The summed E-state index contributed by atoms with van der Waals surface area (Å²) in [5, 5.41) is 20.6. The van der Waals surface area contributed by atoms with Crippen LogP contribution in [0.1, 0.15) is 66.7 Å². The molecule has 27 heavy (non-hydrogen) atoms. The van der Waals surface area contributed by atoms with Crippen LogP contribution in [0.2, 0.25) is 0 Å². The number of hydrogen-bond donors (Lipinski definition) is 2. The number of esters is 1. The smallest absolute Gasteiger partial charge is 0.332 e. The fourth-order valence-corrected chi connectivity index (χ4v) is 6.02. The van der Waals surface area contributed by atoms with E-state index in [4.69, 9.17) is 4.74 Å². The quantitative estimate of drug-likeness (QED) is 0.565. The van der Waals surface area contributed by atoms with Crippen LogP contribution in [0, 0.1) is 28.1 Å². The summed E-state index contributed by atoms with van der Waals surface area (Å²) in [6.45, 7) is 13.4. The van der Waals surface area contributed by atoms with Crippen LogP contribution < -0.4 is 0 Å². The van der Waals surface area contributed by atoms with Crippen molar-refractivity contribution >= 4 is 11.8 Å². The first-order chi connectivity index (χ1) is 12.6. The van der Waals surface area contributed by atoms with Crippen LogP contribution >= 0.6 is 0 Å². The van der Waals surface area contributed by atoms with Crippen molar-refractivity contribution in [1.82, 2.24) is 0 Å². The van der Waals surface area contributed by atoms with E-state index in [0.29, 0.717) is 19.3 Å². The average molecular weight is 381 g/mol. The Morgan fingerprint density at radius 2 is 1.96 bits per heavy atom. The number of carbonyl (C=O) groups is 2. The molecule has 7 atom stereocenters. The third kappa shape index (κ3) is 3.27. The van der Waals surface area contributed by atoms with Gasteiger partial charge in [0.15, 0.2) is 0 Å². The van der Waals surface area contributed by atoms with Crippen molar-refractivity contribution in [3.63, 3.8) is 0 Å². The number of carbonyl (C=O) groups excluding carboxylic acids is 2. The first-order valence-electron chi connectivity index (χ1n) is 10.2. The highest BCUT2D eigenvalue weighted by Gasteiger charge is 2.63. The molecule has 0 unspecified atom stereocenters. The van der Waals surface area contributed by atoms with E-state index in [2.05, 4.69) is 20.4 Å². The first kappa shape index (κ1) is 22.1. The zero-order valence-electron chi connectivity index (χ0n) is 17.5. The summed E-state index contributed by atoms with van der Waals surface area (Å²) in [7, 11) is 0. The molecule has 2 fully saturated rings. The summed E-state index contributed by atoms with van der Waals surface area (Å²) in [6, 6.07) is 0. The Hall–Kier alpha value is -1.20. The SMILES string of the molecule is C=C[C@]1(C)C[C@@H](OC(=O)CO)[C@](C)(CC)[C@@H]2C(=O)CC[C@@]2(CC)[C@@H](C)[C@@H]1O. The first-order valence-corrected chi connectivity index (χ1v) is 10.2. The Balaban J connectivity index is 2.71. The highest BCUT2D eigenvalue weighted by Crippen LogP contribution is 2.63. The summed E-state index contributed by atoms with van der Waals surface area (Å²) in [5.41, 5.74) is -1.56. The number of rotatable bonds is 5. The van der Waals surface area contributed by atoms with Gasteiger partial charge in [0.25, 0.3) is 0 Å². The maximum atomic E-state index is 13.1. The fourth-order valence-electron chi connectivity index (χ4n) is 6.02. The Morgan fingerprint density at radius 1 is 1.33 bits per heavy atom. The zero-order chi connectivity index (χ0) is 20.6. The lowest BCUT2D eigenvalue weighted by Crippen LogP contribution is -2.58. The van der Waals surface area contributed by atoms with Crippen molar-refractivity contribution in [2.45, 2.75) is 78.9 Å². The molecule has 0 radical (unpaired) electrons. The Morgan fingerprint density at radius 3 is 2.44 bits per heavy atom. The van der Waals surface area contributed by atoms with Gasteiger partial charge in [-0.2, -0.15) is 0 Å². The van der Waals surface area contributed by atoms with E-state index in [9.17, 15) is 19.8 Å². The van der Waals surface area contributed by atoms with Crippen LogP contribution in [-0.4, -0.2) is 40.8 Å². The molecule has 0 aliphatic heterocycles. The Kier molecular flexibility index (Phi) is 6.27. The lowest BCUT2D eigenvalue weighted by Gasteiger charge is -2.56. The topological polar surface area (TPSA) is 83.8 Å². The highest BCUT2D eigenvalue weighted by atomic mass is 16.6. The lowest BCUT2D eigenvalue weighted by atomic mass is 9.49. The number of Topliss-reactive ketones (excluding diaryl/α,β-unsaturated/α-hetero) is 1. The zero-order valence-corrected chi connectivity index (χ0v) is 17.5. The fraction of sp³-hybridized carbons (Fsp3) is 0.818. The number of fused-ring (bicyclic) bond motifs is 1. The van der Waals surface area contributed by atoms with Gasteiger partial charge in [-0.15, -0.1) is 6.58 Å². The largest absolute Gasteiger partial charge is 0.460 e. The maximum absolute atomic E-state index is 13.1. The van der Waals surface area contributed by atoms with Crippen molar-refractivity contribution in [2.75, 3.05) is 6.61 Å². The minimum atomic E-state index is -0.697. The van der Waals surface area contributed by atoms with Gasteiger partial charge in [0.1, 0.15) is 18.5 Å². The van der Waals surface area contributed by atoms with Crippen LogP contribution in [0.15, 0.2) is 12.7 Å². The molecule has 5 heteroatoms. The molecule has 0 aromatic rings. The summed E-state index contributed by atoms with van der Waals surface area (Å²) < 4.78 is 5.71. The molecule has 5 nitrogen and oxygen atoms in total. The molecule has 0 heterocycles. The maximum Gasteiger partial charge on any atom is 0.332 e. The number of ketones is 1. The van der Waals surface area contributed by atoms with Crippen molar-refractivity contribution in [3.05, 3.63) is 12.7 Å². The van der Waals surface area contributed by atoms with E-state index >= 15 is 0 Å². The molecule has 2 rings (SSSR count). The molecular formula is C22H36O5.